The SMILES string of the molecule is CC[C@H](CC(=O)N1C(=O)OC[C@@H]1Cc1ccccc1)c1cccc(C)c1. The number of amides is 2. The van der Waals surface area contributed by atoms with E-state index in [2.05, 4.69) is 19.1 Å². The van der Waals surface area contributed by atoms with Crippen LogP contribution in [0.1, 0.15) is 42.4 Å². The van der Waals surface area contributed by atoms with Gasteiger partial charge in [-0.05, 0) is 36.8 Å². The highest BCUT2D eigenvalue weighted by Crippen LogP contribution is 2.27. The average molecular weight is 351 g/mol. The monoisotopic (exact) mass is 351 g/mol. The predicted octanol–water partition coefficient (Wildman–Crippen LogP) is 4.47. The maximum Gasteiger partial charge on any atom is 0.416 e. The average Bonchev–Trinajstić information content (AvgIpc) is 3.00. The summed E-state index contributed by atoms with van der Waals surface area (Å²) in [5.41, 5.74) is 3.42. The first-order valence-corrected chi connectivity index (χ1v) is 9.17. The second-order valence-electron chi connectivity index (χ2n) is 6.91. The molecule has 1 aliphatic rings. The molecular formula is C22H25NO3. The smallest absolute Gasteiger partial charge is 0.416 e. The van der Waals surface area contributed by atoms with Gasteiger partial charge in [0.05, 0.1) is 6.04 Å². The number of carbonyl (C=O) groups is 2. The number of aryl methyl sites for hydroxylation is 1. The van der Waals surface area contributed by atoms with Gasteiger partial charge in [-0.25, -0.2) is 9.69 Å². The summed E-state index contributed by atoms with van der Waals surface area (Å²) in [6.07, 6.45) is 1.27. The lowest BCUT2D eigenvalue weighted by Gasteiger charge is -2.23. The molecular weight excluding hydrogens is 326 g/mol. The molecule has 1 aliphatic heterocycles. The van der Waals surface area contributed by atoms with Crippen LogP contribution in [0.3, 0.4) is 0 Å². The molecule has 0 aromatic heterocycles. The Hall–Kier alpha value is -2.62. The van der Waals surface area contributed by atoms with E-state index in [9.17, 15) is 9.59 Å². The Balaban J connectivity index is 1.72. The van der Waals surface area contributed by atoms with Gasteiger partial charge in [0, 0.05) is 6.42 Å². The van der Waals surface area contributed by atoms with Gasteiger partial charge < -0.3 is 4.74 Å². The Morgan fingerprint density at radius 1 is 1.19 bits per heavy atom. The van der Waals surface area contributed by atoms with Crippen molar-refractivity contribution in [3.8, 4) is 0 Å². The Morgan fingerprint density at radius 2 is 1.96 bits per heavy atom. The molecule has 0 N–H and O–H groups in total. The maximum absolute atomic E-state index is 12.9. The van der Waals surface area contributed by atoms with Crippen molar-refractivity contribution in [1.29, 1.82) is 0 Å². The molecule has 0 saturated carbocycles. The minimum atomic E-state index is -0.518. The highest BCUT2D eigenvalue weighted by atomic mass is 16.6. The number of hydrogen-bond acceptors (Lipinski definition) is 3. The van der Waals surface area contributed by atoms with E-state index >= 15 is 0 Å². The van der Waals surface area contributed by atoms with Gasteiger partial charge in [0.1, 0.15) is 6.61 Å². The number of ether oxygens (including phenoxy) is 1. The lowest BCUT2D eigenvalue weighted by molar-refractivity contribution is -0.129. The molecule has 0 spiro atoms. The quantitative estimate of drug-likeness (QED) is 0.771. The number of carbonyl (C=O) groups excluding carboxylic acids is 2. The minimum Gasteiger partial charge on any atom is -0.447 e. The fourth-order valence-electron chi connectivity index (χ4n) is 3.53. The molecule has 2 atom stereocenters. The molecule has 136 valence electrons. The van der Waals surface area contributed by atoms with E-state index in [0.29, 0.717) is 12.8 Å². The van der Waals surface area contributed by atoms with Crippen LogP contribution in [0, 0.1) is 6.92 Å². The number of cyclic esters (lactones) is 1. The van der Waals surface area contributed by atoms with E-state index in [1.807, 2.05) is 49.4 Å². The van der Waals surface area contributed by atoms with Crippen LogP contribution >= 0.6 is 0 Å². The van der Waals surface area contributed by atoms with E-state index in [0.717, 1.165) is 17.5 Å². The van der Waals surface area contributed by atoms with E-state index in [-0.39, 0.29) is 24.5 Å². The molecule has 2 aromatic carbocycles. The van der Waals surface area contributed by atoms with Gasteiger partial charge in [0.25, 0.3) is 0 Å². The molecule has 0 radical (unpaired) electrons. The summed E-state index contributed by atoms with van der Waals surface area (Å²) in [5, 5.41) is 0. The number of rotatable bonds is 6. The minimum absolute atomic E-state index is 0.105. The van der Waals surface area contributed by atoms with E-state index in [1.165, 1.54) is 10.5 Å². The third-order valence-corrected chi connectivity index (χ3v) is 4.97. The molecule has 4 nitrogen and oxygen atoms in total. The summed E-state index contributed by atoms with van der Waals surface area (Å²) in [7, 11) is 0. The van der Waals surface area contributed by atoms with Crippen LogP contribution in [0.5, 0.6) is 0 Å². The highest BCUT2D eigenvalue weighted by Gasteiger charge is 2.38. The van der Waals surface area contributed by atoms with Crippen molar-refractivity contribution < 1.29 is 14.3 Å². The van der Waals surface area contributed by atoms with E-state index < -0.39 is 6.09 Å². The zero-order valence-corrected chi connectivity index (χ0v) is 15.4. The molecule has 4 heteroatoms. The second kappa shape index (κ2) is 8.17. The van der Waals surface area contributed by atoms with Crippen molar-refractivity contribution in [3.63, 3.8) is 0 Å². The summed E-state index contributed by atoms with van der Waals surface area (Å²) in [4.78, 5) is 26.4. The number of benzene rings is 2. The molecule has 2 amide bonds. The topological polar surface area (TPSA) is 46.6 Å². The molecule has 0 bridgehead atoms. The van der Waals surface area contributed by atoms with Crippen LogP contribution in [0.25, 0.3) is 0 Å². The molecule has 0 unspecified atom stereocenters. The zero-order valence-electron chi connectivity index (χ0n) is 15.4. The normalized spacial score (nSPS) is 17.8. The number of hydrogen-bond donors (Lipinski definition) is 0. The Kier molecular flexibility index (Phi) is 5.71. The Labute approximate surface area is 154 Å². The molecule has 26 heavy (non-hydrogen) atoms. The first-order chi connectivity index (χ1) is 12.6. The van der Waals surface area contributed by atoms with E-state index in [4.69, 9.17) is 4.74 Å². The van der Waals surface area contributed by atoms with Gasteiger partial charge >= 0.3 is 6.09 Å². The lowest BCUT2D eigenvalue weighted by atomic mass is 9.91. The number of imide groups is 1. The zero-order chi connectivity index (χ0) is 18.5. The van der Waals surface area contributed by atoms with Crippen molar-refractivity contribution in [2.75, 3.05) is 6.61 Å². The summed E-state index contributed by atoms with van der Waals surface area (Å²) in [6, 6.07) is 17.9. The van der Waals surface area contributed by atoms with Crippen molar-refractivity contribution in [2.45, 2.75) is 45.1 Å². The summed E-state index contributed by atoms with van der Waals surface area (Å²) in [6.45, 7) is 4.39. The van der Waals surface area contributed by atoms with Crippen molar-refractivity contribution >= 4 is 12.0 Å². The van der Waals surface area contributed by atoms with Gasteiger partial charge in [0.15, 0.2) is 0 Å². The molecule has 1 saturated heterocycles. The molecule has 1 fully saturated rings. The maximum atomic E-state index is 12.9. The molecule has 3 rings (SSSR count). The molecule has 0 aliphatic carbocycles. The van der Waals surface area contributed by atoms with Gasteiger partial charge in [0.2, 0.25) is 5.91 Å². The van der Waals surface area contributed by atoms with E-state index in [1.54, 1.807) is 0 Å². The summed E-state index contributed by atoms with van der Waals surface area (Å²) in [5.74, 6) is -0.0463. The standard InChI is InChI=1S/C22H25NO3/c1-3-18(19-11-7-8-16(2)12-19)14-21(24)23-20(15-26-22(23)25)13-17-9-5-4-6-10-17/h4-12,18,20H,3,13-15H2,1-2H3/t18-,20+/m1/s1. The van der Waals surface area contributed by atoms with Gasteiger partial charge in [-0.3, -0.25) is 4.79 Å². The highest BCUT2D eigenvalue weighted by molar-refractivity contribution is 5.94. The summed E-state index contributed by atoms with van der Waals surface area (Å²) < 4.78 is 5.18. The van der Waals surface area contributed by atoms with Crippen LogP contribution in [0.15, 0.2) is 54.6 Å². The summed E-state index contributed by atoms with van der Waals surface area (Å²) >= 11 is 0. The van der Waals surface area contributed by atoms with Crippen LogP contribution < -0.4 is 0 Å². The predicted molar refractivity (Wildman–Crippen MR) is 101 cm³/mol. The Morgan fingerprint density at radius 3 is 2.65 bits per heavy atom. The van der Waals surface area contributed by atoms with Gasteiger partial charge in [-0.1, -0.05) is 67.1 Å². The van der Waals surface area contributed by atoms with Crippen LogP contribution in [0.2, 0.25) is 0 Å². The Bertz CT molecular complexity index is 772. The second-order valence-corrected chi connectivity index (χ2v) is 6.91. The van der Waals surface area contributed by atoms with Crippen LogP contribution in [0.4, 0.5) is 4.79 Å². The van der Waals surface area contributed by atoms with Crippen molar-refractivity contribution in [2.24, 2.45) is 0 Å². The lowest BCUT2D eigenvalue weighted by Crippen LogP contribution is -2.40. The largest absolute Gasteiger partial charge is 0.447 e. The molecule has 1 heterocycles. The van der Waals surface area contributed by atoms with Gasteiger partial charge in [-0.15, -0.1) is 0 Å². The fraction of sp³-hybridized carbons (Fsp3) is 0.364. The third-order valence-electron chi connectivity index (χ3n) is 4.97. The number of nitrogens with zero attached hydrogens (tertiary/aromatic N) is 1. The third kappa shape index (κ3) is 4.13. The van der Waals surface area contributed by atoms with Gasteiger partial charge in [-0.2, -0.15) is 0 Å². The first kappa shape index (κ1) is 18.2. The van der Waals surface area contributed by atoms with Crippen molar-refractivity contribution in [3.05, 3.63) is 71.3 Å². The van der Waals surface area contributed by atoms with Crippen LogP contribution in [-0.2, 0) is 16.0 Å². The molecule has 2 aromatic rings. The van der Waals surface area contributed by atoms with Crippen molar-refractivity contribution in [1.82, 2.24) is 4.90 Å². The fourth-order valence-corrected chi connectivity index (χ4v) is 3.53. The first-order valence-electron chi connectivity index (χ1n) is 9.17. The van der Waals surface area contributed by atoms with Crippen LogP contribution in [-0.4, -0.2) is 29.5 Å².